The van der Waals surface area contributed by atoms with Crippen LogP contribution in [0.15, 0.2) is 42.5 Å². The Morgan fingerprint density at radius 2 is 1.57 bits per heavy atom. The van der Waals surface area contributed by atoms with E-state index in [2.05, 4.69) is 95.7 Å². The second-order valence-electron chi connectivity index (χ2n) is 10.2. The molecule has 0 aliphatic rings. The third kappa shape index (κ3) is 9.68. The Morgan fingerprint density at radius 3 is 2.15 bits per heavy atom. The lowest BCUT2D eigenvalue weighted by atomic mass is 10.0. The van der Waals surface area contributed by atoms with Crippen molar-refractivity contribution >= 4 is 96.3 Å². The first-order chi connectivity index (χ1) is 18.6. The molecule has 0 heterocycles. The quantitative estimate of drug-likeness (QED) is 0.118. The molecule has 2 atom stereocenters. The SMILES string of the molecule is CC(C)(C)NCC(O)c1ccc(O)c(COC(=O)[C@@H](N)Cc2cc(I)c(Oc3cc(I)c(O)c(I)c3)c(I)c2)c1. The molecule has 3 rings (SSSR count). The van der Waals surface area contributed by atoms with Crippen LogP contribution in [-0.2, 0) is 22.6 Å². The van der Waals surface area contributed by atoms with Gasteiger partial charge in [0.05, 0.1) is 20.4 Å². The summed E-state index contributed by atoms with van der Waals surface area (Å²) in [6.07, 6.45) is -0.529. The minimum atomic E-state index is -0.912. The number of hydrogen-bond acceptors (Lipinski definition) is 8. The molecule has 216 valence electrons. The molecule has 0 saturated heterocycles. The Labute approximate surface area is 288 Å². The van der Waals surface area contributed by atoms with E-state index in [1.54, 1.807) is 24.3 Å². The van der Waals surface area contributed by atoms with Crippen LogP contribution in [0, 0.1) is 14.3 Å². The molecule has 0 spiro atoms. The van der Waals surface area contributed by atoms with Crippen LogP contribution in [0.2, 0.25) is 0 Å². The van der Waals surface area contributed by atoms with Crippen molar-refractivity contribution in [2.45, 2.75) is 51.5 Å². The minimum Gasteiger partial charge on any atom is -0.508 e. The number of phenolic OH excluding ortho intramolecular Hbond substituents is 2. The van der Waals surface area contributed by atoms with Crippen LogP contribution in [0.25, 0.3) is 0 Å². The van der Waals surface area contributed by atoms with Crippen molar-refractivity contribution < 1.29 is 29.6 Å². The second-order valence-corrected chi connectivity index (χ2v) is 14.8. The van der Waals surface area contributed by atoms with Crippen LogP contribution in [0.5, 0.6) is 23.0 Å². The lowest BCUT2D eigenvalue weighted by Gasteiger charge is -2.23. The molecule has 0 amide bonds. The van der Waals surface area contributed by atoms with Crippen molar-refractivity contribution in [1.82, 2.24) is 5.32 Å². The van der Waals surface area contributed by atoms with Gasteiger partial charge in [-0.3, -0.25) is 4.79 Å². The molecule has 0 bridgehead atoms. The smallest absolute Gasteiger partial charge is 0.323 e. The van der Waals surface area contributed by atoms with Crippen molar-refractivity contribution in [1.29, 1.82) is 0 Å². The molecule has 0 radical (unpaired) electrons. The summed E-state index contributed by atoms with van der Waals surface area (Å²) in [7, 11) is 0. The van der Waals surface area contributed by atoms with Crippen LogP contribution in [0.1, 0.15) is 43.6 Å². The van der Waals surface area contributed by atoms with Gasteiger partial charge in [-0.1, -0.05) is 6.07 Å². The lowest BCUT2D eigenvalue weighted by Crippen LogP contribution is -2.38. The first kappa shape index (κ1) is 33.8. The standard InChI is InChI=1S/C28H30I4N2O6/c1-28(2,3)34-12-24(36)15-4-5-23(35)16(9-15)13-39-27(38)22(33)8-14-6-20(31)26(21(32)7-14)40-17-10-18(29)25(37)19(30)11-17/h4-7,9-11,22,24,34-37H,8,12-13,33H2,1-3H3/t22-,24?/m0/s1. The van der Waals surface area contributed by atoms with Gasteiger partial charge in [0.25, 0.3) is 0 Å². The summed E-state index contributed by atoms with van der Waals surface area (Å²) in [4.78, 5) is 12.7. The monoisotopic (exact) mass is 998 g/mol. The van der Waals surface area contributed by atoms with Gasteiger partial charge in [0.1, 0.15) is 29.9 Å². The Balaban J connectivity index is 1.63. The Morgan fingerprint density at radius 1 is 0.975 bits per heavy atom. The molecule has 1 unspecified atom stereocenters. The van der Waals surface area contributed by atoms with Crippen molar-refractivity contribution in [3.05, 3.63) is 73.4 Å². The van der Waals surface area contributed by atoms with E-state index in [1.807, 2.05) is 32.9 Å². The van der Waals surface area contributed by atoms with Crippen LogP contribution in [0.3, 0.4) is 0 Å². The number of rotatable bonds is 10. The Hall–Kier alpha value is -0.670. The molecule has 0 aliphatic heterocycles. The molecular weight excluding hydrogens is 968 g/mol. The van der Waals surface area contributed by atoms with Crippen molar-refractivity contribution in [3.63, 3.8) is 0 Å². The molecular formula is C28H30I4N2O6. The molecule has 12 heteroatoms. The summed E-state index contributed by atoms with van der Waals surface area (Å²) in [5, 5.41) is 34.0. The molecule has 40 heavy (non-hydrogen) atoms. The van der Waals surface area contributed by atoms with Crippen LogP contribution in [-0.4, -0.2) is 39.4 Å². The van der Waals surface area contributed by atoms with Gasteiger partial charge in [-0.05, 0) is 165 Å². The number of esters is 1. The third-order valence-electron chi connectivity index (χ3n) is 5.71. The molecule has 0 aromatic heterocycles. The zero-order valence-electron chi connectivity index (χ0n) is 22.0. The number of nitrogens with two attached hydrogens (primary N) is 1. The maximum Gasteiger partial charge on any atom is 0.323 e. The van der Waals surface area contributed by atoms with Gasteiger partial charge in [0.2, 0.25) is 0 Å². The van der Waals surface area contributed by atoms with Gasteiger partial charge in [0, 0.05) is 17.6 Å². The second kappa shape index (κ2) is 14.7. The fraction of sp³-hybridized carbons (Fsp3) is 0.321. The van der Waals surface area contributed by atoms with Crippen molar-refractivity contribution in [2.75, 3.05) is 6.54 Å². The molecule has 0 aliphatic carbocycles. The summed E-state index contributed by atoms with van der Waals surface area (Å²) in [5.41, 5.74) is 7.86. The average molecular weight is 998 g/mol. The summed E-state index contributed by atoms with van der Waals surface area (Å²) in [6, 6.07) is 11.2. The number of ether oxygens (including phenoxy) is 2. The zero-order valence-corrected chi connectivity index (χ0v) is 30.6. The fourth-order valence-electron chi connectivity index (χ4n) is 3.59. The molecule has 8 nitrogen and oxygen atoms in total. The van der Waals surface area contributed by atoms with E-state index in [0.717, 1.165) is 12.7 Å². The minimum absolute atomic E-state index is 0.0289. The highest BCUT2D eigenvalue weighted by Crippen LogP contribution is 2.37. The summed E-state index contributed by atoms with van der Waals surface area (Å²) >= 11 is 8.48. The van der Waals surface area contributed by atoms with E-state index in [9.17, 15) is 20.1 Å². The van der Waals surface area contributed by atoms with Crippen LogP contribution < -0.4 is 15.8 Å². The number of halogens is 4. The van der Waals surface area contributed by atoms with Gasteiger partial charge < -0.3 is 35.8 Å². The van der Waals surface area contributed by atoms with Gasteiger partial charge >= 0.3 is 5.97 Å². The normalized spacial score (nSPS) is 13.1. The fourth-order valence-corrected chi connectivity index (χ4v) is 7.42. The van der Waals surface area contributed by atoms with Gasteiger partial charge in [-0.25, -0.2) is 0 Å². The highest BCUT2D eigenvalue weighted by atomic mass is 127. The lowest BCUT2D eigenvalue weighted by molar-refractivity contribution is -0.146. The molecule has 6 N–H and O–H groups in total. The Bertz CT molecular complexity index is 1330. The van der Waals surface area contributed by atoms with Gasteiger partial charge in [-0.15, -0.1) is 0 Å². The van der Waals surface area contributed by atoms with Gasteiger partial charge in [0.15, 0.2) is 5.75 Å². The topological polar surface area (TPSA) is 134 Å². The third-order valence-corrected chi connectivity index (χ3v) is 8.96. The number of aromatic hydroxyl groups is 2. The molecule has 0 fully saturated rings. The summed E-state index contributed by atoms with van der Waals surface area (Å²) in [5.74, 6) is 0.884. The number of aliphatic hydroxyl groups excluding tert-OH is 1. The maximum absolute atomic E-state index is 12.7. The van der Waals surface area contributed by atoms with E-state index < -0.39 is 18.1 Å². The highest BCUT2D eigenvalue weighted by Gasteiger charge is 2.20. The average Bonchev–Trinajstić information content (AvgIpc) is 2.86. The maximum atomic E-state index is 12.7. The predicted molar refractivity (Wildman–Crippen MR) is 188 cm³/mol. The molecule has 3 aromatic rings. The number of carbonyl (C=O) groups excluding carboxylic acids is 1. The van der Waals surface area contributed by atoms with E-state index in [-0.39, 0.29) is 30.1 Å². The van der Waals surface area contributed by atoms with E-state index in [1.165, 1.54) is 6.07 Å². The number of aliphatic hydroxyl groups is 1. The van der Waals surface area contributed by atoms with E-state index in [0.29, 0.717) is 36.3 Å². The molecule has 3 aromatic carbocycles. The van der Waals surface area contributed by atoms with Crippen LogP contribution in [0.4, 0.5) is 0 Å². The first-order valence-electron chi connectivity index (χ1n) is 12.2. The van der Waals surface area contributed by atoms with Crippen LogP contribution >= 0.6 is 90.4 Å². The number of carbonyl (C=O) groups is 1. The van der Waals surface area contributed by atoms with E-state index in [4.69, 9.17) is 15.2 Å². The molecule has 0 saturated carbocycles. The highest BCUT2D eigenvalue weighted by molar-refractivity contribution is 14.1. The van der Waals surface area contributed by atoms with Crippen molar-refractivity contribution in [3.8, 4) is 23.0 Å². The number of hydrogen-bond donors (Lipinski definition) is 5. The predicted octanol–water partition coefficient (Wildman–Crippen LogP) is 6.34. The summed E-state index contributed by atoms with van der Waals surface area (Å²) < 4.78 is 14.6. The van der Waals surface area contributed by atoms with Gasteiger partial charge in [-0.2, -0.15) is 0 Å². The number of benzene rings is 3. The number of nitrogens with one attached hydrogen (secondary N) is 1. The van der Waals surface area contributed by atoms with E-state index >= 15 is 0 Å². The van der Waals surface area contributed by atoms with Crippen molar-refractivity contribution in [2.24, 2.45) is 5.73 Å². The summed E-state index contributed by atoms with van der Waals surface area (Å²) in [6.45, 7) is 6.19. The Kier molecular flexibility index (Phi) is 12.4. The number of phenols is 2. The first-order valence-corrected chi connectivity index (χ1v) is 16.5. The largest absolute Gasteiger partial charge is 0.508 e. The number of β-amino-alcohol motifs (C(OH)–C–C–N with tert-alkyl or cyclic N) is 1. The zero-order chi connectivity index (χ0) is 29.8.